The van der Waals surface area contributed by atoms with Crippen LogP contribution >= 0.6 is 24.0 Å². The number of alkyl halides is 3. The topological polar surface area (TPSA) is 62.5 Å². The predicted molar refractivity (Wildman–Crippen MR) is 91.7 cm³/mol. The Balaban J connectivity index is 0.00000264. The highest BCUT2D eigenvalue weighted by atomic mass is 127. The predicted octanol–water partition coefficient (Wildman–Crippen LogP) is 3.47. The number of guanidine groups is 1. The fraction of sp³-hybridized carbons (Fsp3) is 0.714. The molecule has 0 spiro atoms. The van der Waals surface area contributed by atoms with Crippen LogP contribution in [0.5, 0.6) is 0 Å². The van der Waals surface area contributed by atoms with Crippen LogP contribution in [0, 0.1) is 5.92 Å². The number of aliphatic imine (C=N–C) groups is 1. The number of nitrogens with zero attached hydrogens (tertiary/aromatic N) is 2. The standard InChI is InChI=1S/C14H21F3N4O.HI/c1-2-18-13(19-9-12-6-7-22-21-12)20-11-5-3-4-10(8-11)14(15,16)17;/h6-7,10-11H,2-5,8-9H2,1H3,(H2,18,19,20);1H. The summed E-state index contributed by atoms with van der Waals surface area (Å²) in [5.41, 5.74) is 0.675. The summed E-state index contributed by atoms with van der Waals surface area (Å²) >= 11 is 0. The first-order chi connectivity index (χ1) is 10.5. The van der Waals surface area contributed by atoms with E-state index >= 15 is 0 Å². The summed E-state index contributed by atoms with van der Waals surface area (Å²) in [6, 6.07) is 1.49. The maximum atomic E-state index is 12.8. The molecule has 0 radical (unpaired) electrons. The van der Waals surface area contributed by atoms with E-state index in [0.717, 1.165) is 6.42 Å². The Morgan fingerprint density at radius 2 is 2.22 bits per heavy atom. The van der Waals surface area contributed by atoms with Crippen molar-refractivity contribution in [1.82, 2.24) is 15.8 Å². The zero-order chi connectivity index (χ0) is 16.0. The van der Waals surface area contributed by atoms with Gasteiger partial charge in [-0.2, -0.15) is 13.2 Å². The molecule has 1 heterocycles. The van der Waals surface area contributed by atoms with Crippen LogP contribution in [0.15, 0.2) is 21.8 Å². The van der Waals surface area contributed by atoms with E-state index in [2.05, 4.69) is 20.8 Å². The van der Waals surface area contributed by atoms with Crippen LogP contribution in [-0.2, 0) is 6.54 Å². The third-order valence-corrected chi connectivity index (χ3v) is 3.71. The highest BCUT2D eigenvalue weighted by Crippen LogP contribution is 2.37. The summed E-state index contributed by atoms with van der Waals surface area (Å²) in [5.74, 6) is -0.713. The van der Waals surface area contributed by atoms with Gasteiger partial charge in [0.1, 0.15) is 12.0 Å². The Bertz CT molecular complexity index is 479. The first-order valence-corrected chi connectivity index (χ1v) is 7.50. The van der Waals surface area contributed by atoms with Gasteiger partial charge < -0.3 is 15.2 Å². The minimum atomic E-state index is -4.11. The molecule has 1 fully saturated rings. The van der Waals surface area contributed by atoms with Crippen LogP contribution < -0.4 is 10.6 Å². The van der Waals surface area contributed by atoms with E-state index in [1.807, 2.05) is 6.92 Å². The number of halogens is 4. The second kappa shape index (κ2) is 9.33. The van der Waals surface area contributed by atoms with Crippen LogP contribution in [-0.4, -0.2) is 29.9 Å². The monoisotopic (exact) mass is 446 g/mol. The molecule has 0 amide bonds. The van der Waals surface area contributed by atoms with Crippen LogP contribution in [0.4, 0.5) is 13.2 Å². The Morgan fingerprint density at radius 1 is 1.43 bits per heavy atom. The number of rotatable bonds is 4. The summed E-state index contributed by atoms with van der Waals surface area (Å²) < 4.78 is 43.2. The molecular weight excluding hydrogens is 424 g/mol. The van der Waals surface area contributed by atoms with Gasteiger partial charge in [-0.15, -0.1) is 24.0 Å². The SMILES string of the molecule is CCNC(=NCc1ccon1)NC1CCCC(C(F)(F)F)C1.I. The van der Waals surface area contributed by atoms with Crippen molar-refractivity contribution in [2.24, 2.45) is 10.9 Å². The quantitative estimate of drug-likeness (QED) is 0.423. The van der Waals surface area contributed by atoms with Crippen LogP contribution in [0.1, 0.15) is 38.3 Å². The Labute approximate surface area is 150 Å². The van der Waals surface area contributed by atoms with E-state index < -0.39 is 12.1 Å². The summed E-state index contributed by atoms with van der Waals surface area (Å²) in [4.78, 5) is 4.33. The number of nitrogens with one attached hydrogen (secondary N) is 2. The number of hydrogen-bond donors (Lipinski definition) is 2. The van der Waals surface area contributed by atoms with E-state index in [-0.39, 0.29) is 42.9 Å². The van der Waals surface area contributed by atoms with E-state index in [4.69, 9.17) is 4.52 Å². The molecule has 0 bridgehead atoms. The molecule has 1 aromatic heterocycles. The fourth-order valence-corrected chi connectivity index (χ4v) is 2.61. The third kappa shape index (κ3) is 6.56. The normalized spacial score (nSPS) is 22.3. The second-order valence-corrected chi connectivity index (χ2v) is 5.43. The molecule has 2 N–H and O–H groups in total. The molecule has 9 heteroatoms. The van der Waals surface area contributed by atoms with Gasteiger partial charge in [0.2, 0.25) is 0 Å². The molecule has 23 heavy (non-hydrogen) atoms. The van der Waals surface area contributed by atoms with Gasteiger partial charge in [-0.05, 0) is 26.2 Å². The second-order valence-electron chi connectivity index (χ2n) is 5.43. The first-order valence-electron chi connectivity index (χ1n) is 7.50. The molecule has 2 unspecified atom stereocenters. The van der Waals surface area contributed by atoms with Gasteiger partial charge in [-0.3, -0.25) is 0 Å². The average Bonchev–Trinajstić information content (AvgIpc) is 2.98. The van der Waals surface area contributed by atoms with Gasteiger partial charge in [0, 0.05) is 18.7 Å². The lowest BCUT2D eigenvalue weighted by atomic mass is 9.85. The van der Waals surface area contributed by atoms with Crippen LogP contribution in [0.25, 0.3) is 0 Å². The summed E-state index contributed by atoms with van der Waals surface area (Å²) in [6.45, 7) is 2.87. The Morgan fingerprint density at radius 3 is 2.83 bits per heavy atom. The lowest BCUT2D eigenvalue weighted by Crippen LogP contribution is -2.46. The molecule has 1 aromatic rings. The molecule has 1 aliphatic rings. The van der Waals surface area contributed by atoms with Crippen molar-refractivity contribution in [2.45, 2.75) is 51.4 Å². The number of aromatic nitrogens is 1. The van der Waals surface area contributed by atoms with E-state index in [0.29, 0.717) is 31.2 Å². The van der Waals surface area contributed by atoms with Gasteiger partial charge >= 0.3 is 6.18 Å². The summed E-state index contributed by atoms with van der Waals surface area (Å²) in [5, 5.41) is 9.90. The molecule has 2 rings (SSSR count). The molecule has 0 aromatic carbocycles. The van der Waals surface area contributed by atoms with Gasteiger partial charge in [-0.25, -0.2) is 4.99 Å². The molecule has 0 aliphatic heterocycles. The van der Waals surface area contributed by atoms with Gasteiger partial charge in [0.25, 0.3) is 0 Å². The maximum absolute atomic E-state index is 12.8. The molecule has 1 aliphatic carbocycles. The first kappa shape index (κ1) is 20.0. The Kier molecular flexibility index (Phi) is 8.13. The third-order valence-electron chi connectivity index (χ3n) is 3.71. The Hall–Kier alpha value is -1.00. The summed E-state index contributed by atoms with van der Waals surface area (Å²) in [7, 11) is 0. The summed E-state index contributed by atoms with van der Waals surface area (Å²) in [6.07, 6.45) is -1.05. The van der Waals surface area contributed by atoms with Gasteiger partial charge in [-0.1, -0.05) is 11.6 Å². The lowest BCUT2D eigenvalue weighted by molar-refractivity contribution is -0.183. The zero-order valence-corrected chi connectivity index (χ0v) is 15.2. The zero-order valence-electron chi connectivity index (χ0n) is 12.9. The van der Waals surface area contributed by atoms with Crippen molar-refractivity contribution in [3.8, 4) is 0 Å². The lowest BCUT2D eigenvalue weighted by Gasteiger charge is -2.31. The van der Waals surface area contributed by atoms with Crippen LogP contribution in [0.2, 0.25) is 0 Å². The average molecular weight is 446 g/mol. The van der Waals surface area contributed by atoms with Crippen molar-refractivity contribution in [2.75, 3.05) is 6.54 Å². The van der Waals surface area contributed by atoms with Crippen molar-refractivity contribution in [3.63, 3.8) is 0 Å². The fourth-order valence-electron chi connectivity index (χ4n) is 2.61. The maximum Gasteiger partial charge on any atom is 0.391 e. The number of hydrogen-bond acceptors (Lipinski definition) is 3. The molecule has 1 saturated carbocycles. The highest BCUT2D eigenvalue weighted by molar-refractivity contribution is 14.0. The van der Waals surface area contributed by atoms with Crippen molar-refractivity contribution in [1.29, 1.82) is 0 Å². The molecule has 132 valence electrons. The smallest absolute Gasteiger partial charge is 0.364 e. The molecule has 2 atom stereocenters. The largest absolute Gasteiger partial charge is 0.391 e. The highest BCUT2D eigenvalue weighted by Gasteiger charge is 2.42. The van der Waals surface area contributed by atoms with Crippen molar-refractivity contribution >= 4 is 29.9 Å². The van der Waals surface area contributed by atoms with E-state index in [9.17, 15) is 13.2 Å². The van der Waals surface area contributed by atoms with E-state index in [1.54, 1.807) is 6.07 Å². The van der Waals surface area contributed by atoms with Crippen molar-refractivity contribution < 1.29 is 17.7 Å². The minimum absolute atomic E-state index is 0. The molecule has 5 nitrogen and oxygen atoms in total. The van der Waals surface area contributed by atoms with E-state index in [1.165, 1.54) is 6.26 Å². The van der Waals surface area contributed by atoms with Gasteiger partial charge in [0.05, 0.1) is 12.5 Å². The minimum Gasteiger partial charge on any atom is -0.364 e. The van der Waals surface area contributed by atoms with Gasteiger partial charge in [0.15, 0.2) is 5.96 Å². The molecular formula is C14H22F3IN4O. The van der Waals surface area contributed by atoms with Crippen molar-refractivity contribution in [3.05, 3.63) is 18.0 Å². The molecule has 0 saturated heterocycles. The van der Waals surface area contributed by atoms with Crippen LogP contribution in [0.3, 0.4) is 0 Å².